The Morgan fingerprint density at radius 3 is 2.31 bits per heavy atom. The molecule has 0 aliphatic carbocycles. The lowest BCUT2D eigenvalue weighted by atomic mass is 10.2. The topological polar surface area (TPSA) is 78.6 Å². The third kappa shape index (κ3) is 6.36. The van der Waals surface area contributed by atoms with Gasteiger partial charge in [-0.25, -0.2) is 9.59 Å². The van der Waals surface area contributed by atoms with Crippen molar-refractivity contribution in [1.29, 1.82) is 0 Å². The number of ether oxygens (including phenoxy) is 2. The molecular formula is C7H14ClNO4. The van der Waals surface area contributed by atoms with E-state index in [0.29, 0.717) is 6.42 Å². The fourth-order valence-electron chi connectivity index (χ4n) is 0.472. The van der Waals surface area contributed by atoms with Gasteiger partial charge in [-0.05, 0) is 13.3 Å². The van der Waals surface area contributed by atoms with Crippen molar-refractivity contribution in [2.45, 2.75) is 26.3 Å². The van der Waals surface area contributed by atoms with Crippen molar-refractivity contribution in [1.82, 2.24) is 0 Å². The summed E-state index contributed by atoms with van der Waals surface area (Å²) >= 11 is 0. The van der Waals surface area contributed by atoms with E-state index in [4.69, 9.17) is 5.73 Å². The predicted octanol–water partition coefficient (Wildman–Crippen LogP) is 0.845. The van der Waals surface area contributed by atoms with E-state index < -0.39 is 18.2 Å². The van der Waals surface area contributed by atoms with Crippen LogP contribution in [0.2, 0.25) is 0 Å². The van der Waals surface area contributed by atoms with E-state index in [9.17, 15) is 9.59 Å². The van der Waals surface area contributed by atoms with Crippen LogP contribution in [0.4, 0.5) is 4.79 Å². The Labute approximate surface area is 83.0 Å². The number of hydrogen-bond acceptors (Lipinski definition) is 5. The Hall–Kier alpha value is -0.810. The lowest BCUT2D eigenvalue weighted by molar-refractivity contribution is -0.141. The highest BCUT2D eigenvalue weighted by molar-refractivity contribution is 5.85. The molecule has 1 unspecified atom stereocenters. The second kappa shape index (κ2) is 7.82. The Balaban J connectivity index is 0. The highest BCUT2D eigenvalue weighted by Crippen LogP contribution is 1.93. The van der Waals surface area contributed by atoms with Gasteiger partial charge in [-0.1, -0.05) is 6.92 Å². The molecule has 13 heavy (non-hydrogen) atoms. The minimum atomic E-state index is -0.994. The summed E-state index contributed by atoms with van der Waals surface area (Å²) in [5.41, 5.74) is 5.28. The van der Waals surface area contributed by atoms with Crippen molar-refractivity contribution >= 4 is 24.5 Å². The Morgan fingerprint density at radius 2 is 1.92 bits per heavy atom. The van der Waals surface area contributed by atoms with E-state index >= 15 is 0 Å². The maximum absolute atomic E-state index is 10.8. The molecule has 0 spiro atoms. The van der Waals surface area contributed by atoms with Crippen LogP contribution >= 0.6 is 12.4 Å². The fraction of sp³-hybridized carbons (Fsp3) is 0.714. The largest absolute Gasteiger partial charge is 0.516 e. The van der Waals surface area contributed by atoms with E-state index in [1.807, 2.05) is 0 Å². The van der Waals surface area contributed by atoms with Gasteiger partial charge >= 0.3 is 12.1 Å². The minimum Gasteiger partial charge on any atom is -0.434 e. The van der Waals surface area contributed by atoms with Crippen LogP contribution in [0.25, 0.3) is 0 Å². The van der Waals surface area contributed by atoms with Crippen LogP contribution in [0.1, 0.15) is 20.3 Å². The Kier molecular flexibility index (Phi) is 8.84. The van der Waals surface area contributed by atoms with Gasteiger partial charge in [-0.15, -0.1) is 12.4 Å². The predicted molar refractivity (Wildman–Crippen MR) is 48.6 cm³/mol. The zero-order valence-electron chi connectivity index (χ0n) is 7.61. The van der Waals surface area contributed by atoms with Crippen molar-refractivity contribution in [2.24, 2.45) is 5.73 Å². The van der Waals surface area contributed by atoms with Gasteiger partial charge in [-0.3, -0.25) is 0 Å². The summed E-state index contributed by atoms with van der Waals surface area (Å²) in [6.07, 6.45) is -0.565. The third-order valence-corrected chi connectivity index (χ3v) is 1.19. The first-order valence-corrected chi connectivity index (χ1v) is 3.75. The maximum Gasteiger partial charge on any atom is 0.516 e. The molecule has 0 aromatic heterocycles. The summed E-state index contributed by atoms with van der Waals surface area (Å²) < 4.78 is 8.59. The van der Waals surface area contributed by atoms with E-state index in [2.05, 4.69) is 9.47 Å². The highest BCUT2D eigenvalue weighted by atomic mass is 35.5. The second-order valence-corrected chi connectivity index (χ2v) is 2.12. The third-order valence-electron chi connectivity index (χ3n) is 1.19. The number of carbonyl (C=O) groups is 2. The molecule has 6 heteroatoms. The molecule has 2 N–H and O–H groups in total. The maximum atomic E-state index is 10.8. The molecule has 1 atom stereocenters. The van der Waals surface area contributed by atoms with E-state index in [-0.39, 0.29) is 19.0 Å². The van der Waals surface area contributed by atoms with Crippen LogP contribution in [-0.2, 0) is 14.3 Å². The molecule has 5 nitrogen and oxygen atoms in total. The van der Waals surface area contributed by atoms with Gasteiger partial charge in [0, 0.05) is 0 Å². The summed E-state index contributed by atoms with van der Waals surface area (Å²) in [7, 11) is 0. The van der Waals surface area contributed by atoms with Gasteiger partial charge < -0.3 is 15.2 Å². The van der Waals surface area contributed by atoms with Crippen molar-refractivity contribution in [3.63, 3.8) is 0 Å². The fourth-order valence-corrected chi connectivity index (χ4v) is 0.472. The summed E-state index contributed by atoms with van der Waals surface area (Å²) in [6.45, 7) is 3.51. The SMILES string of the molecule is CCOC(=O)OC(=O)C(N)CC.Cl. The summed E-state index contributed by atoms with van der Waals surface area (Å²) in [4.78, 5) is 21.4. The molecule has 0 aliphatic heterocycles. The number of nitrogens with two attached hydrogens (primary N) is 1. The molecule has 0 rings (SSSR count). The molecule has 78 valence electrons. The molecule has 0 saturated carbocycles. The van der Waals surface area contributed by atoms with Crippen LogP contribution in [0, 0.1) is 0 Å². The average Bonchev–Trinajstić information content (AvgIpc) is 2.03. The van der Waals surface area contributed by atoms with Crippen molar-refractivity contribution < 1.29 is 19.1 Å². The quantitative estimate of drug-likeness (QED) is 0.553. The van der Waals surface area contributed by atoms with Crippen LogP contribution in [-0.4, -0.2) is 24.8 Å². The Bertz CT molecular complexity index is 174. The minimum absolute atomic E-state index is 0. The molecule has 0 bridgehead atoms. The molecule has 0 radical (unpaired) electrons. The highest BCUT2D eigenvalue weighted by Gasteiger charge is 2.17. The second-order valence-electron chi connectivity index (χ2n) is 2.12. The first-order chi connectivity index (χ1) is 5.61. The van der Waals surface area contributed by atoms with Crippen molar-refractivity contribution in [3.8, 4) is 0 Å². The Morgan fingerprint density at radius 1 is 1.38 bits per heavy atom. The van der Waals surface area contributed by atoms with Crippen molar-refractivity contribution in [3.05, 3.63) is 0 Å². The number of carbonyl (C=O) groups excluding carboxylic acids is 2. The van der Waals surface area contributed by atoms with Crippen LogP contribution in [0.15, 0.2) is 0 Å². The lowest BCUT2D eigenvalue weighted by Crippen LogP contribution is -2.33. The zero-order valence-corrected chi connectivity index (χ0v) is 8.43. The number of hydrogen-bond donors (Lipinski definition) is 1. The summed E-state index contributed by atoms with van der Waals surface area (Å²) in [6, 6.07) is -0.755. The molecule has 0 aliphatic rings. The van der Waals surface area contributed by atoms with Gasteiger partial charge in [0.25, 0.3) is 0 Å². The molecule has 0 aromatic rings. The smallest absolute Gasteiger partial charge is 0.434 e. The van der Waals surface area contributed by atoms with Crippen molar-refractivity contribution in [2.75, 3.05) is 6.61 Å². The monoisotopic (exact) mass is 211 g/mol. The first kappa shape index (κ1) is 14.7. The summed E-state index contributed by atoms with van der Waals surface area (Å²) in [5, 5.41) is 0. The van der Waals surface area contributed by atoms with Gasteiger partial charge in [0.05, 0.1) is 6.61 Å². The number of halogens is 1. The number of esters is 1. The molecule has 0 fully saturated rings. The molecule has 0 aromatic carbocycles. The van der Waals surface area contributed by atoms with Crippen LogP contribution in [0.3, 0.4) is 0 Å². The average molecular weight is 212 g/mol. The van der Waals surface area contributed by atoms with Gasteiger partial charge in [0.1, 0.15) is 6.04 Å². The van der Waals surface area contributed by atoms with Gasteiger partial charge in [0.15, 0.2) is 0 Å². The lowest BCUT2D eigenvalue weighted by Gasteiger charge is -2.06. The molecule has 0 heterocycles. The molecule has 0 saturated heterocycles. The summed E-state index contributed by atoms with van der Waals surface area (Å²) in [5.74, 6) is -0.754. The normalized spacial score (nSPS) is 11.0. The van der Waals surface area contributed by atoms with Gasteiger partial charge in [0.2, 0.25) is 0 Å². The van der Waals surface area contributed by atoms with E-state index in [0.717, 1.165) is 0 Å². The number of rotatable bonds is 3. The van der Waals surface area contributed by atoms with Crippen LogP contribution < -0.4 is 5.73 Å². The molecule has 0 amide bonds. The van der Waals surface area contributed by atoms with Crippen LogP contribution in [0.5, 0.6) is 0 Å². The standard InChI is InChI=1S/C7H13NO4.ClH/c1-3-5(8)6(9)12-7(10)11-4-2;/h5H,3-4,8H2,1-2H3;1H. The van der Waals surface area contributed by atoms with E-state index in [1.54, 1.807) is 13.8 Å². The molecular weight excluding hydrogens is 198 g/mol. The zero-order chi connectivity index (χ0) is 9.56. The van der Waals surface area contributed by atoms with Gasteiger partial charge in [-0.2, -0.15) is 0 Å². The van der Waals surface area contributed by atoms with E-state index in [1.165, 1.54) is 0 Å². The first-order valence-electron chi connectivity index (χ1n) is 3.75.